The SMILES string of the molecule is COC(=O)C1Cn2c(cc3ccccc32)C1=O. The number of hydrogen-bond donors (Lipinski definition) is 0. The summed E-state index contributed by atoms with van der Waals surface area (Å²) in [5.74, 6) is -1.28. The molecule has 0 fully saturated rings. The second-order valence-corrected chi connectivity index (χ2v) is 4.14. The molecule has 1 aliphatic rings. The summed E-state index contributed by atoms with van der Waals surface area (Å²) < 4.78 is 6.53. The Morgan fingerprint density at radius 2 is 2.18 bits per heavy atom. The number of methoxy groups -OCH3 is 1. The van der Waals surface area contributed by atoms with Crippen LogP contribution < -0.4 is 0 Å². The van der Waals surface area contributed by atoms with Crippen LogP contribution in [0.3, 0.4) is 0 Å². The molecule has 4 heteroatoms. The maximum absolute atomic E-state index is 12.0. The number of ether oxygens (including phenoxy) is 1. The minimum Gasteiger partial charge on any atom is -0.468 e. The van der Waals surface area contributed by atoms with Crippen LogP contribution in [0, 0.1) is 5.92 Å². The number of rotatable bonds is 1. The first-order valence-corrected chi connectivity index (χ1v) is 5.42. The Morgan fingerprint density at radius 1 is 1.41 bits per heavy atom. The Morgan fingerprint density at radius 3 is 2.94 bits per heavy atom. The monoisotopic (exact) mass is 229 g/mol. The van der Waals surface area contributed by atoms with Crippen molar-refractivity contribution >= 4 is 22.7 Å². The molecule has 3 rings (SSSR count). The van der Waals surface area contributed by atoms with Crippen molar-refractivity contribution in [2.45, 2.75) is 6.54 Å². The normalized spacial score (nSPS) is 18.4. The van der Waals surface area contributed by atoms with Crippen LogP contribution in [-0.2, 0) is 16.1 Å². The van der Waals surface area contributed by atoms with Gasteiger partial charge < -0.3 is 9.30 Å². The van der Waals surface area contributed by atoms with E-state index in [-0.39, 0.29) is 5.78 Å². The molecule has 2 aromatic rings. The first kappa shape index (κ1) is 10.1. The molecule has 0 N–H and O–H groups in total. The molecule has 86 valence electrons. The minimum atomic E-state index is -0.681. The average Bonchev–Trinajstić information content (AvgIpc) is 2.86. The van der Waals surface area contributed by atoms with Crippen LogP contribution >= 0.6 is 0 Å². The summed E-state index contributed by atoms with van der Waals surface area (Å²) >= 11 is 0. The van der Waals surface area contributed by atoms with E-state index in [9.17, 15) is 9.59 Å². The van der Waals surface area contributed by atoms with Crippen LogP contribution in [0.1, 0.15) is 10.5 Å². The minimum absolute atomic E-state index is 0.145. The Kier molecular flexibility index (Phi) is 2.04. The van der Waals surface area contributed by atoms with Gasteiger partial charge >= 0.3 is 5.97 Å². The van der Waals surface area contributed by atoms with Crippen LogP contribution in [0.25, 0.3) is 10.9 Å². The van der Waals surface area contributed by atoms with Gasteiger partial charge in [-0.1, -0.05) is 18.2 Å². The van der Waals surface area contributed by atoms with E-state index in [1.165, 1.54) is 7.11 Å². The van der Waals surface area contributed by atoms with Gasteiger partial charge in [0.15, 0.2) is 5.78 Å². The zero-order chi connectivity index (χ0) is 12.0. The van der Waals surface area contributed by atoms with Gasteiger partial charge in [-0.05, 0) is 12.1 Å². The standard InChI is InChI=1S/C13H11NO3/c1-17-13(16)9-7-14-10-5-3-2-4-8(10)6-11(14)12(9)15/h2-6,9H,7H2,1H3. The number of benzene rings is 1. The van der Waals surface area contributed by atoms with Gasteiger partial charge in [0.25, 0.3) is 0 Å². The van der Waals surface area contributed by atoms with Crippen molar-refractivity contribution in [3.05, 3.63) is 36.0 Å². The van der Waals surface area contributed by atoms with Crippen molar-refractivity contribution in [3.8, 4) is 0 Å². The summed E-state index contributed by atoms with van der Waals surface area (Å²) in [5, 5.41) is 1.03. The molecule has 17 heavy (non-hydrogen) atoms. The number of ketones is 1. The molecule has 0 saturated carbocycles. The summed E-state index contributed by atoms with van der Waals surface area (Å²) in [6.07, 6.45) is 0. The summed E-state index contributed by atoms with van der Waals surface area (Å²) in [4.78, 5) is 23.5. The van der Waals surface area contributed by atoms with E-state index in [1.807, 2.05) is 34.9 Å². The van der Waals surface area contributed by atoms with E-state index in [4.69, 9.17) is 0 Å². The highest BCUT2D eigenvalue weighted by molar-refractivity contribution is 6.12. The van der Waals surface area contributed by atoms with E-state index in [0.717, 1.165) is 10.9 Å². The lowest BCUT2D eigenvalue weighted by molar-refractivity contribution is -0.143. The van der Waals surface area contributed by atoms with Gasteiger partial charge in [-0.2, -0.15) is 0 Å². The first-order chi connectivity index (χ1) is 8.22. The third-order valence-corrected chi connectivity index (χ3v) is 3.23. The second kappa shape index (κ2) is 3.45. The molecule has 0 saturated heterocycles. The van der Waals surface area contributed by atoms with Gasteiger partial charge in [0.1, 0.15) is 5.92 Å². The maximum Gasteiger partial charge on any atom is 0.318 e. The van der Waals surface area contributed by atoms with Gasteiger partial charge in [0.2, 0.25) is 0 Å². The summed E-state index contributed by atoms with van der Waals surface area (Å²) in [6.45, 7) is 0.383. The van der Waals surface area contributed by atoms with E-state index in [1.54, 1.807) is 0 Å². The third kappa shape index (κ3) is 1.30. The second-order valence-electron chi connectivity index (χ2n) is 4.14. The summed E-state index contributed by atoms with van der Waals surface area (Å²) in [5.41, 5.74) is 1.59. The molecule has 0 bridgehead atoms. The average molecular weight is 229 g/mol. The largest absolute Gasteiger partial charge is 0.468 e. The topological polar surface area (TPSA) is 48.3 Å². The smallest absolute Gasteiger partial charge is 0.318 e. The van der Waals surface area contributed by atoms with E-state index in [2.05, 4.69) is 4.74 Å². The van der Waals surface area contributed by atoms with E-state index in [0.29, 0.717) is 12.2 Å². The molecule has 0 aliphatic carbocycles. The quantitative estimate of drug-likeness (QED) is 0.551. The number of esters is 1. The van der Waals surface area contributed by atoms with Crippen molar-refractivity contribution < 1.29 is 14.3 Å². The number of Topliss-reactive ketones (excluding diaryl/α,β-unsaturated/α-hetero) is 1. The van der Waals surface area contributed by atoms with Crippen molar-refractivity contribution in [2.75, 3.05) is 7.11 Å². The molecule has 0 amide bonds. The Hall–Kier alpha value is -2.10. The first-order valence-electron chi connectivity index (χ1n) is 5.42. The summed E-state index contributed by atoms with van der Waals surface area (Å²) in [6, 6.07) is 9.60. The number of carbonyl (C=O) groups is 2. The molecule has 1 atom stereocenters. The van der Waals surface area contributed by atoms with E-state index < -0.39 is 11.9 Å². The molecule has 0 spiro atoms. The van der Waals surface area contributed by atoms with Gasteiger partial charge in [-0.25, -0.2) is 0 Å². The molecule has 2 heterocycles. The van der Waals surface area contributed by atoms with Crippen LogP contribution in [0.2, 0.25) is 0 Å². The van der Waals surface area contributed by atoms with Crippen molar-refractivity contribution in [1.82, 2.24) is 4.57 Å². The zero-order valence-electron chi connectivity index (χ0n) is 9.34. The lowest BCUT2D eigenvalue weighted by Gasteiger charge is -2.05. The van der Waals surface area contributed by atoms with E-state index >= 15 is 0 Å². The van der Waals surface area contributed by atoms with Crippen molar-refractivity contribution in [2.24, 2.45) is 5.92 Å². The highest BCUT2D eigenvalue weighted by atomic mass is 16.5. The number of carbonyl (C=O) groups excluding carboxylic acids is 2. The van der Waals surface area contributed by atoms with Crippen molar-refractivity contribution in [1.29, 1.82) is 0 Å². The predicted molar refractivity (Wildman–Crippen MR) is 61.8 cm³/mol. The Labute approximate surface area is 97.8 Å². The van der Waals surface area contributed by atoms with Gasteiger partial charge in [0.05, 0.1) is 12.8 Å². The highest BCUT2D eigenvalue weighted by Crippen LogP contribution is 2.29. The van der Waals surface area contributed by atoms with Crippen LogP contribution in [0.5, 0.6) is 0 Å². The molecule has 1 aromatic carbocycles. The number of fused-ring (bicyclic) bond motifs is 3. The Bertz CT molecular complexity index is 627. The van der Waals surface area contributed by atoms with Gasteiger partial charge in [-0.3, -0.25) is 9.59 Å². The van der Waals surface area contributed by atoms with Crippen LogP contribution in [0.4, 0.5) is 0 Å². The fourth-order valence-corrected chi connectivity index (χ4v) is 2.38. The molecule has 1 aliphatic heterocycles. The third-order valence-electron chi connectivity index (χ3n) is 3.23. The maximum atomic E-state index is 12.0. The highest BCUT2D eigenvalue weighted by Gasteiger charge is 2.37. The fraction of sp³-hybridized carbons (Fsp3) is 0.231. The number of aromatic nitrogens is 1. The fourth-order valence-electron chi connectivity index (χ4n) is 2.38. The number of para-hydroxylation sites is 1. The molecule has 0 radical (unpaired) electrons. The molecule has 1 unspecified atom stereocenters. The van der Waals surface area contributed by atoms with Gasteiger partial charge in [0, 0.05) is 17.4 Å². The zero-order valence-corrected chi connectivity index (χ0v) is 9.34. The van der Waals surface area contributed by atoms with Crippen LogP contribution in [-0.4, -0.2) is 23.4 Å². The van der Waals surface area contributed by atoms with Gasteiger partial charge in [-0.15, -0.1) is 0 Å². The molecular weight excluding hydrogens is 218 g/mol. The number of nitrogens with zero attached hydrogens (tertiary/aromatic N) is 1. The Balaban J connectivity index is 2.12. The number of hydrogen-bond acceptors (Lipinski definition) is 3. The van der Waals surface area contributed by atoms with Crippen molar-refractivity contribution in [3.63, 3.8) is 0 Å². The predicted octanol–water partition coefficient (Wildman–Crippen LogP) is 1.63. The lowest BCUT2D eigenvalue weighted by atomic mass is 10.1. The molecular formula is C13H11NO3. The lowest BCUT2D eigenvalue weighted by Crippen LogP contribution is -2.22. The summed E-state index contributed by atoms with van der Waals surface area (Å²) in [7, 11) is 1.31. The van der Waals surface area contributed by atoms with Crippen LogP contribution in [0.15, 0.2) is 30.3 Å². The molecule has 4 nitrogen and oxygen atoms in total. The molecule has 1 aromatic heterocycles.